The Hall–Kier alpha value is -1.29. The maximum Gasteiger partial charge on any atom is 0.335 e. The van der Waals surface area contributed by atoms with Gasteiger partial charge >= 0.3 is 5.97 Å². The zero-order valence-corrected chi connectivity index (χ0v) is 13.8. The van der Waals surface area contributed by atoms with Gasteiger partial charge in [0.1, 0.15) is 0 Å². The van der Waals surface area contributed by atoms with E-state index in [-0.39, 0.29) is 17.0 Å². The molecule has 6 nitrogen and oxygen atoms in total. The zero-order valence-electron chi connectivity index (χ0n) is 10.6. The van der Waals surface area contributed by atoms with Crippen molar-refractivity contribution in [2.75, 3.05) is 6.54 Å². The maximum absolute atomic E-state index is 12.2. The highest BCUT2D eigenvalue weighted by Crippen LogP contribution is 2.23. The van der Waals surface area contributed by atoms with E-state index in [2.05, 4.69) is 25.6 Å². The molecule has 0 saturated heterocycles. The van der Waals surface area contributed by atoms with Crippen LogP contribution < -0.4 is 4.72 Å². The number of rotatable bonds is 6. The van der Waals surface area contributed by atoms with E-state index in [1.165, 1.54) is 23.5 Å². The number of hydrogen-bond donors (Lipinski definition) is 2. The highest BCUT2D eigenvalue weighted by Gasteiger charge is 2.19. The topological polar surface area (TPSA) is 96.4 Å². The summed E-state index contributed by atoms with van der Waals surface area (Å²) in [5.74, 6) is -1.18. The summed E-state index contributed by atoms with van der Waals surface area (Å²) in [6, 6.07) is 3.86. The highest BCUT2D eigenvalue weighted by molar-refractivity contribution is 9.10. The molecule has 0 atom stereocenters. The normalized spacial score (nSPS) is 11.5. The number of benzene rings is 1. The Bertz CT molecular complexity index is 745. The lowest BCUT2D eigenvalue weighted by Gasteiger charge is -2.08. The summed E-state index contributed by atoms with van der Waals surface area (Å²) in [5.41, 5.74) is -0.0847. The Labute approximate surface area is 134 Å². The van der Waals surface area contributed by atoms with Gasteiger partial charge in [-0.25, -0.2) is 22.9 Å². The van der Waals surface area contributed by atoms with Crippen LogP contribution >= 0.6 is 27.3 Å². The van der Waals surface area contributed by atoms with E-state index in [0.29, 0.717) is 10.9 Å². The Morgan fingerprint density at radius 2 is 2.19 bits per heavy atom. The standard InChI is InChI=1S/C12H11BrN2O4S2/c13-9-2-1-8(12(16)17)7-10(9)21(18,19)15-4-3-11-14-5-6-20-11/h1-2,5-7,15H,3-4H2,(H,16,17). The fourth-order valence-corrected chi connectivity index (χ4v) is 4.23. The zero-order chi connectivity index (χ0) is 15.5. The van der Waals surface area contributed by atoms with Gasteiger partial charge in [0.15, 0.2) is 0 Å². The third-order valence-corrected chi connectivity index (χ3v) is 5.88. The van der Waals surface area contributed by atoms with E-state index in [1.54, 1.807) is 6.20 Å². The number of aromatic carboxylic acids is 1. The molecule has 9 heteroatoms. The van der Waals surface area contributed by atoms with Crippen molar-refractivity contribution in [3.8, 4) is 0 Å². The van der Waals surface area contributed by atoms with Gasteiger partial charge < -0.3 is 5.11 Å². The van der Waals surface area contributed by atoms with Gasteiger partial charge in [0, 0.05) is 29.0 Å². The lowest BCUT2D eigenvalue weighted by Crippen LogP contribution is -2.26. The third-order valence-electron chi connectivity index (χ3n) is 2.58. The molecule has 21 heavy (non-hydrogen) atoms. The van der Waals surface area contributed by atoms with Crippen LogP contribution in [0.4, 0.5) is 0 Å². The van der Waals surface area contributed by atoms with Crippen molar-refractivity contribution in [2.24, 2.45) is 0 Å². The van der Waals surface area contributed by atoms with Crippen molar-refractivity contribution in [3.05, 3.63) is 44.8 Å². The largest absolute Gasteiger partial charge is 0.478 e. The Morgan fingerprint density at radius 1 is 1.43 bits per heavy atom. The predicted molar refractivity (Wildman–Crippen MR) is 82.1 cm³/mol. The molecule has 0 radical (unpaired) electrons. The number of sulfonamides is 1. The summed E-state index contributed by atoms with van der Waals surface area (Å²) in [6.07, 6.45) is 2.13. The van der Waals surface area contributed by atoms with Crippen molar-refractivity contribution in [1.82, 2.24) is 9.71 Å². The molecule has 1 heterocycles. The first kappa shape index (κ1) is 16.1. The first-order valence-corrected chi connectivity index (χ1v) is 8.96. The SMILES string of the molecule is O=C(O)c1ccc(Br)c(S(=O)(=O)NCCc2nccs2)c1. The first-order chi connectivity index (χ1) is 9.90. The molecular formula is C12H11BrN2O4S2. The number of thiazole rings is 1. The molecule has 0 spiro atoms. The van der Waals surface area contributed by atoms with E-state index in [9.17, 15) is 13.2 Å². The van der Waals surface area contributed by atoms with Crippen molar-refractivity contribution >= 4 is 43.3 Å². The molecule has 0 bridgehead atoms. The van der Waals surface area contributed by atoms with E-state index < -0.39 is 16.0 Å². The second-order valence-corrected chi connectivity index (χ2v) is 7.59. The fourth-order valence-electron chi connectivity index (χ4n) is 1.59. The summed E-state index contributed by atoms with van der Waals surface area (Å²) in [6.45, 7) is 0.194. The number of carbonyl (C=O) groups is 1. The average molecular weight is 391 g/mol. The summed E-state index contributed by atoms with van der Waals surface area (Å²) in [4.78, 5) is 14.9. The highest BCUT2D eigenvalue weighted by atomic mass is 79.9. The van der Waals surface area contributed by atoms with Crippen LogP contribution in [0.1, 0.15) is 15.4 Å². The number of aromatic nitrogens is 1. The van der Waals surface area contributed by atoms with Gasteiger partial charge in [-0.2, -0.15) is 0 Å². The van der Waals surface area contributed by atoms with Crippen LogP contribution in [0.15, 0.2) is 39.1 Å². The molecule has 0 unspecified atom stereocenters. The quantitative estimate of drug-likeness (QED) is 0.787. The van der Waals surface area contributed by atoms with Crippen LogP contribution in [0.2, 0.25) is 0 Å². The number of carboxylic acid groups (broad SMARTS) is 1. The van der Waals surface area contributed by atoms with Crippen LogP contribution in [0, 0.1) is 0 Å². The van der Waals surface area contributed by atoms with Crippen molar-refractivity contribution < 1.29 is 18.3 Å². The molecule has 112 valence electrons. The molecule has 0 aliphatic rings. The number of hydrogen-bond acceptors (Lipinski definition) is 5. The van der Waals surface area contributed by atoms with Crippen molar-refractivity contribution in [1.29, 1.82) is 0 Å². The lowest BCUT2D eigenvalue weighted by atomic mass is 10.2. The monoisotopic (exact) mass is 390 g/mol. The van der Waals surface area contributed by atoms with Gasteiger partial charge in [-0.1, -0.05) is 0 Å². The minimum Gasteiger partial charge on any atom is -0.478 e. The van der Waals surface area contributed by atoms with Crippen LogP contribution in [-0.4, -0.2) is 31.0 Å². The summed E-state index contributed by atoms with van der Waals surface area (Å²) < 4.78 is 27.2. The van der Waals surface area contributed by atoms with E-state index >= 15 is 0 Å². The molecule has 2 rings (SSSR count). The molecule has 1 aromatic heterocycles. The number of halogens is 1. The predicted octanol–water partition coefficient (Wildman–Crippen LogP) is 2.12. The van der Waals surface area contributed by atoms with Gasteiger partial charge in [0.05, 0.1) is 15.5 Å². The molecular weight excluding hydrogens is 380 g/mol. The van der Waals surface area contributed by atoms with Crippen molar-refractivity contribution in [3.63, 3.8) is 0 Å². The minimum absolute atomic E-state index is 0.0847. The first-order valence-electron chi connectivity index (χ1n) is 5.81. The third kappa shape index (κ3) is 4.10. The lowest BCUT2D eigenvalue weighted by molar-refractivity contribution is 0.0696. The van der Waals surface area contributed by atoms with Gasteiger partial charge in [0.2, 0.25) is 10.0 Å². The van der Waals surface area contributed by atoms with Gasteiger partial charge in [0.25, 0.3) is 0 Å². The minimum atomic E-state index is -3.78. The van der Waals surface area contributed by atoms with E-state index in [4.69, 9.17) is 5.11 Å². The maximum atomic E-state index is 12.2. The smallest absolute Gasteiger partial charge is 0.335 e. The van der Waals surface area contributed by atoms with E-state index in [1.807, 2.05) is 5.38 Å². The molecule has 0 aliphatic carbocycles. The molecule has 2 N–H and O–H groups in total. The Morgan fingerprint density at radius 3 is 2.81 bits per heavy atom. The molecule has 0 amide bonds. The summed E-state index contributed by atoms with van der Waals surface area (Å²) in [5, 5.41) is 11.6. The second-order valence-electron chi connectivity index (χ2n) is 4.02. The summed E-state index contributed by atoms with van der Waals surface area (Å²) in [7, 11) is -3.78. The van der Waals surface area contributed by atoms with Gasteiger partial charge in [-0.3, -0.25) is 0 Å². The molecule has 0 fully saturated rings. The number of nitrogens with one attached hydrogen (secondary N) is 1. The molecule has 1 aromatic carbocycles. The Balaban J connectivity index is 2.15. The second kappa shape index (κ2) is 6.65. The summed E-state index contributed by atoms with van der Waals surface area (Å²) >= 11 is 4.57. The number of nitrogens with zero attached hydrogens (tertiary/aromatic N) is 1. The number of carboxylic acids is 1. The van der Waals surface area contributed by atoms with Gasteiger partial charge in [-0.05, 0) is 34.1 Å². The van der Waals surface area contributed by atoms with Crippen LogP contribution in [0.3, 0.4) is 0 Å². The molecule has 0 aliphatic heterocycles. The molecule has 0 saturated carbocycles. The Kier molecular flexibility index (Phi) is 5.09. The van der Waals surface area contributed by atoms with E-state index in [0.717, 1.165) is 11.1 Å². The average Bonchev–Trinajstić information content (AvgIpc) is 2.91. The van der Waals surface area contributed by atoms with Crippen LogP contribution in [0.25, 0.3) is 0 Å². The fraction of sp³-hybridized carbons (Fsp3) is 0.167. The molecule has 2 aromatic rings. The van der Waals surface area contributed by atoms with Crippen LogP contribution in [0.5, 0.6) is 0 Å². The van der Waals surface area contributed by atoms with Crippen LogP contribution in [-0.2, 0) is 16.4 Å². The van der Waals surface area contributed by atoms with Crippen molar-refractivity contribution in [2.45, 2.75) is 11.3 Å². The van der Waals surface area contributed by atoms with Gasteiger partial charge in [-0.15, -0.1) is 11.3 Å².